The van der Waals surface area contributed by atoms with Crippen LogP contribution in [0.3, 0.4) is 0 Å². The first-order valence-corrected chi connectivity index (χ1v) is 11.0. The molecule has 0 aliphatic carbocycles. The Bertz CT molecular complexity index is 1250. The van der Waals surface area contributed by atoms with E-state index in [9.17, 15) is 8.42 Å². The lowest BCUT2D eigenvalue weighted by atomic mass is 10.2. The van der Waals surface area contributed by atoms with Gasteiger partial charge < -0.3 is 4.74 Å². The van der Waals surface area contributed by atoms with Crippen LogP contribution in [0.5, 0.6) is 5.75 Å². The van der Waals surface area contributed by atoms with E-state index in [1.54, 1.807) is 43.6 Å². The number of fused-ring (bicyclic) bond motifs is 1. The van der Waals surface area contributed by atoms with Crippen LogP contribution in [0.2, 0.25) is 5.15 Å². The summed E-state index contributed by atoms with van der Waals surface area (Å²) in [6.45, 7) is 0.108. The normalized spacial score (nSPS) is 11.5. The zero-order chi connectivity index (χ0) is 20.4. The molecule has 0 amide bonds. The molecule has 0 saturated heterocycles. The summed E-state index contributed by atoms with van der Waals surface area (Å²) in [5.41, 5.74) is 0.789. The largest absolute Gasteiger partial charge is 0.497 e. The van der Waals surface area contributed by atoms with Crippen molar-refractivity contribution in [1.29, 1.82) is 0 Å². The van der Waals surface area contributed by atoms with E-state index in [2.05, 4.69) is 14.3 Å². The molecule has 0 aliphatic rings. The number of rotatable bonds is 6. The first-order valence-electron chi connectivity index (χ1n) is 8.45. The van der Waals surface area contributed by atoms with Gasteiger partial charge in [0.05, 0.1) is 18.6 Å². The van der Waals surface area contributed by atoms with Crippen molar-refractivity contribution in [2.24, 2.45) is 0 Å². The molecule has 0 spiro atoms. The molecule has 0 aliphatic heterocycles. The Morgan fingerprint density at radius 1 is 1.10 bits per heavy atom. The lowest BCUT2D eigenvalue weighted by molar-refractivity contribution is 0.414. The number of halogens is 1. The van der Waals surface area contributed by atoms with Gasteiger partial charge in [-0.25, -0.2) is 22.7 Å². The molecule has 0 bridgehead atoms. The Morgan fingerprint density at radius 2 is 1.90 bits per heavy atom. The molecule has 0 atom stereocenters. The Morgan fingerprint density at radius 3 is 2.59 bits per heavy atom. The van der Waals surface area contributed by atoms with Crippen molar-refractivity contribution in [2.45, 2.75) is 11.4 Å². The van der Waals surface area contributed by atoms with Crippen molar-refractivity contribution in [3.8, 4) is 5.75 Å². The minimum atomic E-state index is -3.90. The molecular weight excluding hydrogens is 432 g/mol. The molecule has 4 rings (SSSR count). The minimum absolute atomic E-state index is 0.108. The van der Waals surface area contributed by atoms with E-state index in [1.165, 1.54) is 16.7 Å². The van der Waals surface area contributed by atoms with Crippen molar-refractivity contribution in [3.05, 3.63) is 71.8 Å². The van der Waals surface area contributed by atoms with Gasteiger partial charge in [-0.15, -0.1) is 0 Å². The highest BCUT2D eigenvalue weighted by Gasteiger charge is 2.28. The summed E-state index contributed by atoms with van der Waals surface area (Å²) in [6.07, 6.45) is 2.88. The number of pyridine rings is 1. The van der Waals surface area contributed by atoms with Gasteiger partial charge in [0.25, 0.3) is 10.0 Å². The smallest absolute Gasteiger partial charge is 0.266 e. The number of ether oxygens (including phenoxy) is 1. The van der Waals surface area contributed by atoms with Crippen LogP contribution >= 0.6 is 23.1 Å². The van der Waals surface area contributed by atoms with Crippen molar-refractivity contribution >= 4 is 49.1 Å². The first kappa shape index (κ1) is 19.6. The maximum absolute atomic E-state index is 13.5. The fraction of sp³-hybridized carbons (Fsp3) is 0.105. The number of hydrogen-bond acceptors (Lipinski definition) is 7. The molecule has 0 N–H and O–H groups in total. The lowest BCUT2D eigenvalue weighted by Gasteiger charge is -2.22. The third kappa shape index (κ3) is 3.89. The molecule has 0 radical (unpaired) electrons. The Hall–Kier alpha value is -2.75. The molecule has 148 valence electrons. The SMILES string of the molecule is COc1ccc(CN(c2ncns2)S(=O)(=O)c2ccc3c(Cl)nccc3c2)cc1. The number of anilines is 1. The number of aromatic nitrogens is 3. The monoisotopic (exact) mass is 446 g/mol. The van der Waals surface area contributed by atoms with Crippen molar-refractivity contribution in [2.75, 3.05) is 11.4 Å². The number of benzene rings is 2. The van der Waals surface area contributed by atoms with Gasteiger partial charge in [-0.3, -0.25) is 0 Å². The van der Waals surface area contributed by atoms with Crippen LogP contribution in [-0.2, 0) is 16.6 Å². The quantitative estimate of drug-likeness (QED) is 0.414. The zero-order valence-corrected chi connectivity index (χ0v) is 17.6. The van der Waals surface area contributed by atoms with Crippen LogP contribution in [0.1, 0.15) is 5.56 Å². The maximum Gasteiger partial charge on any atom is 0.266 e. The third-order valence-electron chi connectivity index (χ3n) is 4.32. The van der Waals surface area contributed by atoms with E-state index in [1.807, 2.05) is 12.1 Å². The van der Waals surface area contributed by atoms with Crippen LogP contribution in [-0.4, -0.2) is 29.9 Å². The molecular formula is C19H15ClN4O3S2. The second-order valence-electron chi connectivity index (χ2n) is 6.07. The van der Waals surface area contributed by atoms with E-state index in [0.29, 0.717) is 21.7 Å². The molecule has 2 heterocycles. The molecule has 2 aromatic heterocycles. The van der Waals surface area contributed by atoms with E-state index < -0.39 is 10.0 Å². The standard InChI is InChI=1S/C19H15ClN4O3S2/c1-27-15-4-2-13(3-5-15)11-24(19-22-12-23-28-19)29(25,26)16-6-7-17-14(10-16)8-9-21-18(17)20/h2-10,12H,11H2,1H3. The molecule has 2 aromatic carbocycles. The highest BCUT2D eigenvalue weighted by Crippen LogP contribution is 2.30. The summed E-state index contributed by atoms with van der Waals surface area (Å²) in [4.78, 5) is 8.27. The molecule has 0 unspecified atom stereocenters. The van der Waals surface area contributed by atoms with Crippen LogP contribution in [0.4, 0.5) is 5.13 Å². The summed E-state index contributed by atoms with van der Waals surface area (Å²) in [5.74, 6) is 0.694. The summed E-state index contributed by atoms with van der Waals surface area (Å²) >= 11 is 7.12. The van der Waals surface area contributed by atoms with Crippen molar-refractivity contribution < 1.29 is 13.2 Å². The summed E-state index contributed by atoms with van der Waals surface area (Å²) in [7, 11) is -2.32. The molecule has 10 heteroatoms. The second kappa shape index (κ2) is 7.94. The third-order valence-corrected chi connectivity index (χ3v) is 7.16. The highest BCUT2D eigenvalue weighted by molar-refractivity contribution is 7.93. The first-order chi connectivity index (χ1) is 14.0. The Balaban J connectivity index is 1.76. The highest BCUT2D eigenvalue weighted by atomic mass is 35.5. The van der Waals surface area contributed by atoms with Gasteiger partial charge in [0.1, 0.15) is 17.2 Å². The number of nitrogens with zero attached hydrogens (tertiary/aromatic N) is 4. The van der Waals surface area contributed by atoms with E-state index in [0.717, 1.165) is 17.1 Å². The predicted octanol–water partition coefficient (Wildman–Crippen LogP) is 4.14. The molecule has 29 heavy (non-hydrogen) atoms. The summed E-state index contributed by atoms with van der Waals surface area (Å²) in [5, 5.41) is 1.98. The Labute approximate surface area is 176 Å². The van der Waals surface area contributed by atoms with E-state index >= 15 is 0 Å². The summed E-state index contributed by atoms with van der Waals surface area (Å²) in [6, 6.07) is 13.7. The predicted molar refractivity (Wildman–Crippen MR) is 113 cm³/mol. The second-order valence-corrected chi connectivity index (χ2v) is 9.05. The van der Waals surface area contributed by atoms with Gasteiger partial charge in [0, 0.05) is 23.1 Å². The maximum atomic E-state index is 13.5. The van der Waals surface area contributed by atoms with Crippen LogP contribution in [0.25, 0.3) is 10.8 Å². The number of sulfonamides is 1. The molecule has 4 aromatic rings. The number of hydrogen-bond donors (Lipinski definition) is 0. The molecule has 7 nitrogen and oxygen atoms in total. The van der Waals surface area contributed by atoms with E-state index in [4.69, 9.17) is 16.3 Å². The number of methoxy groups -OCH3 is 1. The fourth-order valence-electron chi connectivity index (χ4n) is 2.84. The minimum Gasteiger partial charge on any atom is -0.497 e. The van der Waals surface area contributed by atoms with Crippen LogP contribution < -0.4 is 9.04 Å². The van der Waals surface area contributed by atoms with Gasteiger partial charge in [-0.2, -0.15) is 4.37 Å². The van der Waals surface area contributed by atoms with Crippen LogP contribution in [0, 0.1) is 0 Å². The van der Waals surface area contributed by atoms with Crippen LogP contribution in [0.15, 0.2) is 66.0 Å². The fourth-order valence-corrected chi connectivity index (χ4v) is 5.24. The van der Waals surface area contributed by atoms with Gasteiger partial charge in [0.15, 0.2) is 0 Å². The summed E-state index contributed by atoms with van der Waals surface area (Å²) < 4.78 is 37.3. The van der Waals surface area contributed by atoms with Gasteiger partial charge in [-0.1, -0.05) is 23.7 Å². The topological polar surface area (TPSA) is 85.3 Å². The zero-order valence-electron chi connectivity index (χ0n) is 15.2. The van der Waals surface area contributed by atoms with Gasteiger partial charge in [-0.05, 0) is 47.3 Å². The average Bonchev–Trinajstić information content (AvgIpc) is 3.26. The van der Waals surface area contributed by atoms with Gasteiger partial charge >= 0.3 is 0 Å². The van der Waals surface area contributed by atoms with Gasteiger partial charge in [0.2, 0.25) is 5.13 Å². The molecule has 0 saturated carbocycles. The lowest BCUT2D eigenvalue weighted by Crippen LogP contribution is -2.30. The Kier molecular flexibility index (Phi) is 5.35. The van der Waals surface area contributed by atoms with E-state index in [-0.39, 0.29) is 16.6 Å². The molecule has 0 fully saturated rings. The van der Waals surface area contributed by atoms with Crippen molar-refractivity contribution in [1.82, 2.24) is 14.3 Å². The average molecular weight is 447 g/mol. The van der Waals surface area contributed by atoms with Crippen molar-refractivity contribution in [3.63, 3.8) is 0 Å².